The van der Waals surface area contributed by atoms with Gasteiger partial charge in [-0.25, -0.2) is 0 Å². The van der Waals surface area contributed by atoms with E-state index in [-0.39, 0.29) is 47.0 Å². The van der Waals surface area contributed by atoms with Crippen LogP contribution in [0.4, 0.5) is 0 Å². The van der Waals surface area contributed by atoms with Crippen molar-refractivity contribution in [1.29, 1.82) is 0 Å². The minimum absolute atomic E-state index is 0. The van der Waals surface area contributed by atoms with E-state index in [0.29, 0.717) is 0 Å². The molecule has 1 N–H and O–H groups in total. The molecule has 0 aromatic rings. The summed E-state index contributed by atoms with van der Waals surface area (Å²) in [5.41, 5.74) is 0. The maximum atomic E-state index is 9.37. The molecule has 0 heterocycles. The number of hydrogen-bond donors (Lipinski definition) is 1. The van der Waals surface area contributed by atoms with Crippen molar-refractivity contribution in [3.8, 4) is 0 Å². The zero-order valence-corrected chi connectivity index (χ0v) is 7.39. The van der Waals surface area contributed by atoms with Gasteiger partial charge in [-0.1, -0.05) is 6.92 Å². The molecule has 0 saturated carbocycles. The van der Waals surface area contributed by atoms with Crippen molar-refractivity contribution in [2.24, 2.45) is 0 Å². The van der Waals surface area contributed by atoms with Crippen LogP contribution in [0.3, 0.4) is 0 Å². The van der Waals surface area contributed by atoms with Gasteiger partial charge in [0.2, 0.25) is 0 Å². The molecule has 8 heavy (non-hydrogen) atoms. The Morgan fingerprint density at radius 1 is 1.75 bits per heavy atom. The molecule has 0 fully saturated rings. The molecule has 0 rings (SSSR count). The molecule has 2 nitrogen and oxygen atoms in total. The summed E-state index contributed by atoms with van der Waals surface area (Å²) in [5.74, 6) is -0.745. The fourth-order valence-corrected chi connectivity index (χ4v) is 0. The molecule has 0 saturated heterocycles. The number of rotatable bonds is 1. The fourth-order valence-electron chi connectivity index (χ4n) is 0. The maximum absolute atomic E-state index is 9.37. The molecule has 0 aliphatic carbocycles. The first-order chi connectivity index (χ1) is 3.27. The second-order valence-electron chi connectivity index (χ2n) is 0.747. The van der Waals surface area contributed by atoms with E-state index in [4.69, 9.17) is 5.11 Å². The van der Waals surface area contributed by atoms with E-state index in [0.717, 1.165) is 0 Å². The molecule has 0 amide bonds. The van der Waals surface area contributed by atoms with Crippen LogP contribution in [0.15, 0.2) is 13.2 Å². The summed E-state index contributed by atoms with van der Waals surface area (Å²) < 4.78 is 0. The number of carboxylic acids is 1. The van der Waals surface area contributed by atoms with Crippen LogP contribution in [0.5, 0.6) is 0 Å². The van der Waals surface area contributed by atoms with Crippen LogP contribution in [0, 0.1) is 0 Å². The van der Waals surface area contributed by atoms with Crippen LogP contribution in [-0.2, 0) is 4.79 Å². The summed E-state index contributed by atoms with van der Waals surface area (Å²) in [6.07, 6.45) is 0.222. The SMILES string of the molecule is C=C.CCC(=O)O.[Ca+2].[H-].[H-]. The van der Waals surface area contributed by atoms with Gasteiger partial charge in [0.1, 0.15) is 0 Å². The van der Waals surface area contributed by atoms with E-state index >= 15 is 0 Å². The van der Waals surface area contributed by atoms with Gasteiger partial charge >= 0.3 is 43.7 Å². The first kappa shape index (κ1) is 15.8. The smallest absolute Gasteiger partial charge is 1.00 e. The van der Waals surface area contributed by atoms with Crippen LogP contribution in [0.25, 0.3) is 0 Å². The normalized spacial score (nSPS) is 5.12. The molecular formula is C5H12CaO2. The first-order valence-corrected chi connectivity index (χ1v) is 1.99. The van der Waals surface area contributed by atoms with Crippen molar-refractivity contribution in [3.63, 3.8) is 0 Å². The average molecular weight is 144 g/mol. The minimum Gasteiger partial charge on any atom is -1.00 e. The summed E-state index contributed by atoms with van der Waals surface area (Å²) in [6, 6.07) is 0. The largest absolute Gasteiger partial charge is 2.00 e. The molecule has 0 aromatic carbocycles. The van der Waals surface area contributed by atoms with Crippen molar-refractivity contribution >= 4 is 43.7 Å². The summed E-state index contributed by atoms with van der Waals surface area (Å²) in [5, 5.41) is 7.72. The second kappa shape index (κ2) is 15.7. The van der Waals surface area contributed by atoms with Crippen molar-refractivity contribution in [2.45, 2.75) is 13.3 Å². The van der Waals surface area contributed by atoms with Gasteiger partial charge in [-0.05, 0) is 0 Å². The third-order valence-corrected chi connectivity index (χ3v) is 0.302. The van der Waals surface area contributed by atoms with Crippen LogP contribution in [-0.4, -0.2) is 48.8 Å². The Labute approximate surface area is 82.6 Å². The van der Waals surface area contributed by atoms with Gasteiger partial charge in [-0.3, -0.25) is 4.79 Å². The Morgan fingerprint density at radius 3 is 1.88 bits per heavy atom. The maximum Gasteiger partial charge on any atom is 2.00 e. The van der Waals surface area contributed by atoms with E-state index in [1.165, 1.54) is 0 Å². The molecule has 0 aliphatic heterocycles. The number of aliphatic carboxylic acids is 1. The first-order valence-electron chi connectivity index (χ1n) is 1.99. The molecule has 46 valence electrons. The Morgan fingerprint density at radius 2 is 1.88 bits per heavy atom. The van der Waals surface area contributed by atoms with Gasteiger partial charge < -0.3 is 7.96 Å². The number of carboxylic acid groups (broad SMARTS) is 1. The van der Waals surface area contributed by atoms with Crippen molar-refractivity contribution in [1.82, 2.24) is 0 Å². The van der Waals surface area contributed by atoms with Crippen LogP contribution < -0.4 is 0 Å². The van der Waals surface area contributed by atoms with E-state index in [2.05, 4.69) is 13.2 Å². The molecular weight excluding hydrogens is 132 g/mol. The van der Waals surface area contributed by atoms with Gasteiger partial charge in [0.05, 0.1) is 0 Å². The van der Waals surface area contributed by atoms with Crippen molar-refractivity contribution in [3.05, 3.63) is 13.2 Å². The average Bonchev–Trinajstić information content (AvgIpc) is 1.73. The fraction of sp³-hybridized carbons (Fsp3) is 0.400. The standard InChI is InChI=1S/C3H6O2.C2H4.Ca.2H/c1-2-3(4)5;1-2;;;/h2H2,1H3,(H,4,5);1-2H2;;;/q;;+2;2*-1. The minimum atomic E-state index is -0.745. The molecule has 0 aromatic heterocycles. The number of hydrogen-bond acceptors (Lipinski definition) is 1. The molecule has 0 unspecified atom stereocenters. The Balaban J connectivity index is -0.0000000154. The second-order valence-corrected chi connectivity index (χ2v) is 0.747. The third-order valence-electron chi connectivity index (χ3n) is 0.302. The molecule has 0 atom stereocenters. The summed E-state index contributed by atoms with van der Waals surface area (Å²) in [7, 11) is 0. The van der Waals surface area contributed by atoms with E-state index in [1.807, 2.05) is 0 Å². The molecule has 0 bridgehead atoms. The molecule has 0 radical (unpaired) electrons. The zero-order chi connectivity index (χ0) is 6.28. The van der Waals surface area contributed by atoms with Gasteiger partial charge in [0, 0.05) is 6.42 Å². The van der Waals surface area contributed by atoms with Gasteiger partial charge in [-0.2, -0.15) is 0 Å². The van der Waals surface area contributed by atoms with E-state index in [9.17, 15) is 4.79 Å². The van der Waals surface area contributed by atoms with Crippen LogP contribution >= 0.6 is 0 Å². The summed E-state index contributed by atoms with van der Waals surface area (Å²) in [4.78, 5) is 9.37. The number of carbonyl (C=O) groups is 1. The monoisotopic (exact) mass is 144 g/mol. The molecule has 0 spiro atoms. The van der Waals surface area contributed by atoms with Crippen molar-refractivity contribution in [2.75, 3.05) is 0 Å². The predicted octanol–water partition coefficient (Wildman–Crippen LogP) is 1.13. The van der Waals surface area contributed by atoms with E-state index < -0.39 is 5.97 Å². The zero-order valence-electron chi connectivity index (χ0n) is 7.18. The summed E-state index contributed by atoms with van der Waals surface area (Å²) >= 11 is 0. The van der Waals surface area contributed by atoms with Gasteiger partial charge in [0.25, 0.3) is 0 Å². The topological polar surface area (TPSA) is 37.3 Å². The van der Waals surface area contributed by atoms with Gasteiger partial charge in [-0.15, -0.1) is 13.2 Å². The third kappa shape index (κ3) is 31.7. The Bertz CT molecular complexity index is 61.6. The van der Waals surface area contributed by atoms with Crippen LogP contribution in [0.2, 0.25) is 0 Å². The Hall–Kier alpha value is 0.470. The van der Waals surface area contributed by atoms with Crippen molar-refractivity contribution < 1.29 is 12.8 Å². The Kier molecular flexibility index (Phi) is 30.9. The van der Waals surface area contributed by atoms with E-state index in [1.54, 1.807) is 6.92 Å². The molecule has 0 aliphatic rings. The predicted molar refractivity (Wildman–Crippen MR) is 37.2 cm³/mol. The van der Waals surface area contributed by atoms with Crippen LogP contribution in [0.1, 0.15) is 16.2 Å². The van der Waals surface area contributed by atoms with Gasteiger partial charge in [0.15, 0.2) is 0 Å². The summed E-state index contributed by atoms with van der Waals surface area (Å²) in [6.45, 7) is 7.60. The quantitative estimate of drug-likeness (QED) is 0.442. The molecule has 3 heteroatoms.